The summed E-state index contributed by atoms with van der Waals surface area (Å²) in [6.45, 7) is 6.62. The molecule has 1 amide bonds. The van der Waals surface area contributed by atoms with Crippen LogP contribution in [0, 0.1) is 23.7 Å². The number of carboxylic acids is 1. The molecule has 0 radical (unpaired) electrons. The van der Waals surface area contributed by atoms with Crippen LogP contribution in [0.15, 0.2) is 35.4 Å². The Morgan fingerprint density at radius 1 is 1.00 bits per heavy atom. The Morgan fingerprint density at radius 3 is 2.18 bits per heavy atom. The third-order valence-electron chi connectivity index (χ3n) is 6.76. The van der Waals surface area contributed by atoms with E-state index in [1.165, 1.54) is 5.57 Å². The molecule has 150 valence electrons. The zero-order valence-corrected chi connectivity index (χ0v) is 17.1. The predicted molar refractivity (Wildman–Crippen MR) is 107 cm³/mol. The van der Waals surface area contributed by atoms with Crippen molar-refractivity contribution in [3.8, 4) is 0 Å². The Labute approximate surface area is 171 Å². The average molecular weight is 402 g/mol. The molecule has 0 spiro atoms. The van der Waals surface area contributed by atoms with Crippen LogP contribution in [0.5, 0.6) is 0 Å². The summed E-state index contributed by atoms with van der Waals surface area (Å²) >= 11 is 6.30. The van der Waals surface area contributed by atoms with Gasteiger partial charge in [0.05, 0.1) is 16.6 Å². The van der Waals surface area contributed by atoms with Crippen molar-refractivity contribution in [2.24, 2.45) is 23.7 Å². The molecule has 3 aliphatic rings. The van der Waals surface area contributed by atoms with Crippen molar-refractivity contribution in [3.63, 3.8) is 0 Å². The molecule has 1 aromatic rings. The Hall–Kier alpha value is -2.01. The van der Waals surface area contributed by atoms with E-state index in [0.717, 1.165) is 24.1 Å². The van der Waals surface area contributed by atoms with E-state index in [1.54, 1.807) is 0 Å². The van der Waals surface area contributed by atoms with Gasteiger partial charge in [-0.2, -0.15) is 0 Å². The number of benzene rings is 1. The summed E-state index contributed by atoms with van der Waals surface area (Å²) in [5.74, 6) is -2.21. The predicted octanol–water partition coefficient (Wildman–Crippen LogP) is 2.35. The van der Waals surface area contributed by atoms with Crippen LogP contribution in [-0.2, 0) is 9.59 Å². The number of carbonyl (C=O) groups is 2. The number of hydrogen-bond donors (Lipinski definition) is 0. The van der Waals surface area contributed by atoms with E-state index in [4.69, 9.17) is 11.6 Å². The zero-order valence-electron chi connectivity index (χ0n) is 16.4. The van der Waals surface area contributed by atoms with Crippen molar-refractivity contribution in [2.45, 2.75) is 26.7 Å². The lowest BCUT2D eigenvalue weighted by Gasteiger charge is -2.40. The Morgan fingerprint density at radius 2 is 1.61 bits per heavy atom. The molecule has 1 aliphatic heterocycles. The lowest BCUT2D eigenvalue weighted by molar-refractivity contribution is -0.314. The minimum absolute atomic E-state index is 0.0149. The first-order valence-electron chi connectivity index (χ1n) is 10.1. The number of allylic oxidation sites excluding steroid dienone is 2. The maximum absolute atomic E-state index is 13.4. The molecular weight excluding hydrogens is 376 g/mol. The number of piperazine rings is 1. The molecule has 5 nitrogen and oxygen atoms in total. The van der Waals surface area contributed by atoms with E-state index in [0.29, 0.717) is 31.2 Å². The number of fused-ring (bicyclic) bond motifs is 2. The van der Waals surface area contributed by atoms with Crippen molar-refractivity contribution in [1.82, 2.24) is 4.90 Å². The van der Waals surface area contributed by atoms with E-state index >= 15 is 0 Å². The smallest absolute Gasteiger partial charge is 0.227 e. The molecule has 2 bridgehead atoms. The minimum Gasteiger partial charge on any atom is -0.550 e. The molecule has 3 fully saturated rings. The normalized spacial score (nSPS) is 29.3. The highest BCUT2D eigenvalue weighted by Crippen LogP contribution is 2.57. The average Bonchev–Trinajstić information content (AvgIpc) is 3.24. The Balaban J connectivity index is 1.50. The molecule has 28 heavy (non-hydrogen) atoms. The van der Waals surface area contributed by atoms with Gasteiger partial charge in [0.2, 0.25) is 5.91 Å². The van der Waals surface area contributed by atoms with Crippen molar-refractivity contribution in [1.29, 1.82) is 0 Å². The van der Waals surface area contributed by atoms with E-state index < -0.39 is 17.8 Å². The SMILES string of the molecule is CC(C)=C1[C@@H]2CC[C@@H]1[C@@H](C(=O)N1CCN(c3ccccc3Cl)CC1)[C@H]2C(=O)[O-]. The number of rotatable bonds is 3. The summed E-state index contributed by atoms with van der Waals surface area (Å²) in [5.41, 5.74) is 3.34. The number of nitrogens with zero attached hydrogens (tertiary/aromatic N) is 2. The number of anilines is 1. The molecule has 0 unspecified atom stereocenters. The van der Waals surface area contributed by atoms with Gasteiger partial charge in [0.25, 0.3) is 0 Å². The fraction of sp³-hybridized carbons (Fsp3) is 0.545. The number of para-hydroxylation sites is 1. The molecule has 2 saturated carbocycles. The monoisotopic (exact) mass is 401 g/mol. The first-order valence-corrected chi connectivity index (χ1v) is 10.4. The number of hydrogen-bond acceptors (Lipinski definition) is 4. The third kappa shape index (κ3) is 3.10. The van der Waals surface area contributed by atoms with Gasteiger partial charge in [-0.3, -0.25) is 4.79 Å². The second-order valence-corrected chi connectivity index (χ2v) is 8.79. The standard InChI is InChI=1S/C22H27ClN2O3/c1-13(2)18-14-7-8-15(18)20(22(27)28)19(14)21(26)25-11-9-24(10-12-25)17-6-4-3-5-16(17)23/h3-6,14-15,19-20H,7-12H2,1-2H3,(H,27,28)/p-1/t14-,15-,19+,20-/m0/s1. The second-order valence-electron chi connectivity index (χ2n) is 8.38. The van der Waals surface area contributed by atoms with Gasteiger partial charge in [0, 0.05) is 38.1 Å². The van der Waals surface area contributed by atoms with Crippen LogP contribution in [0.4, 0.5) is 5.69 Å². The summed E-state index contributed by atoms with van der Waals surface area (Å²) in [6.07, 6.45) is 1.76. The summed E-state index contributed by atoms with van der Waals surface area (Å²) < 4.78 is 0. The summed E-state index contributed by atoms with van der Waals surface area (Å²) in [4.78, 5) is 29.3. The number of halogens is 1. The van der Waals surface area contributed by atoms with Gasteiger partial charge in [-0.25, -0.2) is 0 Å². The molecule has 1 aromatic carbocycles. The molecule has 0 aromatic heterocycles. The second kappa shape index (κ2) is 7.43. The van der Waals surface area contributed by atoms with E-state index in [1.807, 2.05) is 43.0 Å². The van der Waals surface area contributed by atoms with Gasteiger partial charge < -0.3 is 19.7 Å². The summed E-state index contributed by atoms with van der Waals surface area (Å²) in [5, 5.41) is 12.6. The molecule has 1 heterocycles. The molecule has 4 atom stereocenters. The van der Waals surface area contributed by atoms with Crippen molar-refractivity contribution >= 4 is 29.2 Å². The maximum Gasteiger partial charge on any atom is 0.227 e. The fourth-order valence-corrected chi connectivity index (χ4v) is 5.91. The summed E-state index contributed by atoms with van der Waals surface area (Å²) in [7, 11) is 0. The quantitative estimate of drug-likeness (QED) is 0.729. The highest BCUT2D eigenvalue weighted by atomic mass is 35.5. The molecule has 6 heteroatoms. The van der Waals surface area contributed by atoms with Crippen LogP contribution in [-0.4, -0.2) is 43.0 Å². The van der Waals surface area contributed by atoms with Crippen molar-refractivity contribution < 1.29 is 14.7 Å². The highest BCUT2D eigenvalue weighted by Gasteiger charge is 2.55. The first-order chi connectivity index (χ1) is 13.4. The van der Waals surface area contributed by atoms with Gasteiger partial charge in [-0.1, -0.05) is 34.9 Å². The molecular formula is C22H26ClN2O3-. The molecule has 1 saturated heterocycles. The molecule has 0 N–H and O–H groups in total. The van der Waals surface area contributed by atoms with Gasteiger partial charge in [-0.05, 0) is 50.7 Å². The van der Waals surface area contributed by atoms with Crippen LogP contribution in [0.2, 0.25) is 5.02 Å². The van der Waals surface area contributed by atoms with Crippen LogP contribution in [0.25, 0.3) is 0 Å². The van der Waals surface area contributed by atoms with Crippen LogP contribution in [0.1, 0.15) is 26.7 Å². The number of carboxylic acid groups (broad SMARTS) is 1. The number of amides is 1. The van der Waals surface area contributed by atoms with Crippen LogP contribution in [0.3, 0.4) is 0 Å². The first kappa shape index (κ1) is 19.3. The van der Waals surface area contributed by atoms with Gasteiger partial charge in [-0.15, -0.1) is 0 Å². The third-order valence-corrected chi connectivity index (χ3v) is 7.08. The minimum atomic E-state index is -1.07. The maximum atomic E-state index is 13.4. The van der Waals surface area contributed by atoms with Gasteiger partial charge >= 0.3 is 0 Å². The fourth-order valence-electron chi connectivity index (χ4n) is 5.66. The number of aliphatic carboxylic acids is 1. The Kier molecular flexibility index (Phi) is 5.13. The lowest BCUT2D eigenvalue weighted by Crippen LogP contribution is -2.53. The topological polar surface area (TPSA) is 63.7 Å². The van der Waals surface area contributed by atoms with Crippen LogP contribution < -0.4 is 10.0 Å². The lowest BCUT2D eigenvalue weighted by atomic mass is 9.78. The van der Waals surface area contributed by atoms with Crippen LogP contribution >= 0.6 is 11.6 Å². The van der Waals surface area contributed by atoms with Gasteiger partial charge in [0.1, 0.15) is 0 Å². The largest absolute Gasteiger partial charge is 0.550 e. The number of carbonyl (C=O) groups excluding carboxylic acids is 2. The van der Waals surface area contributed by atoms with Crippen molar-refractivity contribution in [3.05, 3.63) is 40.4 Å². The Bertz CT molecular complexity index is 825. The van der Waals surface area contributed by atoms with E-state index in [-0.39, 0.29) is 17.7 Å². The molecule has 2 aliphatic carbocycles. The highest BCUT2D eigenvalue weighted by molar-refractivity contribution is 6.33. The van der Waals surface area contributed by atoms with Gasteiger partial charge in [0.15, 0.2) is 0 Å². The van der Waals surface area contributed by atoms with E-state index in [2.05, 4.69) is 4.90 Å². The van der Waals surface area contributed by atoms with Crippen molar-refractivity contribution in [2.75, 3.05) is 31.1 Å². The zero-order chi connectivity index (χ0) is 20.0. The molecule has 4 rings (SSSR count). The summed E-state index contributed by atoms with van der Waals surface area (Å²) in [6, 6.07) is 7.72. The van der Waals surface area contributed by atoms with E-state index in [9.17, 15) is 14.7 Å².